The molecular formula is C15H16O3. The summed E-state index contributed by atoms with van der Waals surface area (Å²) in [5, 5.41) is 27.7. The molecule has 0 bridgehead atoms. The third kappa shape index (κ3) is 3.02. The second-order valence-electron chi connectivity index (χ2n) is 4.27. The van der Waals surface area contributed by atoms with Crippen LogP contribution < -0.4 is 0 Å². The number of aliphatic hydroxyl groups excluding tert-OH is 1. The van der Waals surface area contributed by atoms with Gasteiger partial charge >= 0.3 is 0 Å². The SMILES string of the molecule is OCCc1cc(O)ccc1Cc1ccc(O)cc1. The molecule has 3 N–H and O–H groups in total. The molecule has 0 saturated carbocycles. The average Bonchev–Trinajstić information content (AvgIpc) is 2.36. The van der Waals surface area contributed by atoms with E-state index in [1.54, 1.807) is 24.3 Å². The standard InChI is InChI=1S/C15H16O3/c16-8-7-13-10-15(18)6-3-12(13)9-11-1-4-14(17)5-2-11/h1-6,10,16-18H,7-9H2. The summed E-state index contributed by atoms with van der Waals surface area (Å²) >= 11 is 0. The van der Waals surface area contributed by atoms with Gasteiger partial charge in [0.2, 0.25) is 0 Å². The lowest BCUT2D eigenvalue weighted by atomic mass is 9.98. The van der Waals surface area contributed by atoms with E-state index in [1.807, 2.05) is 18.2 Å². The Morgan fingerprint density at radius 1 is 0.778 bits per heavy atom. The summed E-state index contributed by atoms with van der Waals surface area (Å²) in [6, 6.07) is 12.2. The van der Waals surface area contributed by atoms with E-state index in [9.17, 15) is 10.2 Å². The highest BCUT2D eigenvalue weighted by Gasteiger charge is 2.05. The van der Waals surface area contributed by atoms with E-state index in [2.05, 4.69) is 0 Å². The van der Waals surface area contributed by atoms with Gasteiger partial charge in [0, 0.05) is 6.61 Å². The molecule has 2 rings (SSSR count). The Morgan fingerprint density at radius 2 is 1.44 bits per heavy atom. The smallest absolute Gasteiger partial charge is 0.115 e. The average molecular weight is 244 g/mol. The Bertz CT molecular complexity index is 518. The fourth-order valence-corrected chi connectivity index (χ4v) is 1.97. The first-order valence-electron chi connectivity index (χ1n) is 5.88. The minimum absolute atomic E-state index is 0.0615. The summed E-state index contributed by atoms with van der Waals surface area (Å²) < 4.78 is 0. The molecule has 0 aliphatic rings. The maximum Gasteiger partial charge on any atom is 0.115 e. The van der Waals surface area contributed by atoms with Crippen molar-refractivity contribution < 1.29 is 15.3 Å². The summed E-state index contributed by atoms with van der Waals surface area (Å²) in [4.78, 5) is 0. The molecule has 3 nitrogen and oxygen atoms in total. The molecule has 0 fully saturated rings. The van der Waals surface area contributed by atoms with Crippen LogP contribution >= 0.6 is 0 Å². The zero-order valence-corrected chi connectivity index (χ0v) is 10.0. The Balaban J connectivity index is 2.25. The molecule has 94 valence electrons. The summed E-state index contributed by atoms with van der Waals surface area (Å²) in [7, 11) is 0. The number of aliphatic hydroxyl groups is 1. The van der Waals surface area contributed by atoms with Gasteiger partial charge in [-0.15, -0.1) is 0 Å². The van der Waals surface area contributed by atoms with Crippen LogP contribution in [-0.4, -0.2) is 21.9 Å². The van der Waals surface area contributed by atoms with Crippen LogP contribution in [0.25, 0.3) is 0 Å². The summed E-state index contributed by atoms with van der Waals surface area (Å²) in [6.07, 6.45) is 1.25. The van der Waals surface area contributed by atoms with Crippen LogP contribution in [0.15, 0.2) is 42.5 Å². The minimum atomic E-state index is 0.0615. The first kappa shape index (κ1) is 12.5. The van der Waals surface area contributed by atoms with Crippen molar-refractivity contribution in [3.63, 3.8) is 0 Å². The third-order valence-electron chi connectivity index (χ3n) is 2.90. The van der Waals surface area contributed by atoms with Gasteiger partial charge in [-0.05, 0) is 53.8 Å². The van der Waals surface area contributed by atoms with Crippen LogP contribution in [0.4, 0.5) is 0 Å². The van der Waals surface area contributed by atoms with Crippen molar-refractivity contribution >= 4 is 0 Å². The zero-order chi connectivity index (χ0) is 13.0. The topological polar surface area (TPSA) is 60.7 Å². The molecule has 0 aromatic heterocycles. The van der Waals surface area contributed by atoms with E-state index in [0.29, 0.717) is 6.42 Å². The molecule has 18 heavy (non-hydrogen) atoms. The minimum Gasteiger partial charge on any atom is -0.508 e. The molecule has 0 aliphatic heterocycles. The van der Waals surface area contributed by atoms with Crippen molar-refractivity contribution in [3.8, 4) is 11.5 Å². The van der Waals surface area contributed by atoms with Gasteiger partial charge in [0.1, 0.15) is 11.5 Å². The molecule has 2 aromatic carbocycles. The lowest BCUT2D eigenvalue weighted by Crippen LogP contribution is -1.98. The fraction of sp³-hybridized carbons (Fsp3) is 0.200. The molecule has 0 heterocycles. The summed E-state index contributed by atoms with van der Waals surface area (Å²) in [5.41, 5.74) is 3.11. The maximum absolute atomic E-state index is 9.45. The van der Waals surface area contributed by atoms with Crippen LogP contribution in [0.1, 0.15) is 16.7 Å². The Hall–Kier alpha value is -2.00. The van der Waals surface area contributed by atoms with Gasteiger partial charge in [-0.25, -0.2) is 0 Å². The number of aromatic hydroxyl groups is 2. The predicted molar refractivity (Wildman–Crippen MR) is 69.8 cm³/mol. The van der Waals surface area contributed by atoms with E-state index < -0.39 is 0 Å². The van der Waals surface area contributed by atoms with E-state index in [0.717, 1.165) is 23.1 Å². The summed E-state index contributed by atoms with van der Waals surface area (Å²) in [5.74, 6) is 0.466. The lowest BCUT2D eigenvalue weighted by Gasteiger charge is -2.09. The van der Waals surface area contributed by atoms with Crippen molar-refractivity contribution in [3.05, 3.63) is 59.2 Å². The van der Waals surface area contributed by atoms with Gasteiger partial charge in [0.15, 0.2) is 0 Å². The van der Waals surface area contributed by atoms with Gasteiger partial charge in [-0.2, -0.15) is 0 Å². The Morgan fingerprint density at radius 3 is 2.11 bits per heavy atom. The second-order valence-corrected chi connectivity index (χ2v) is 4.27. The van der Waals surface area contributed by atoms with Gasteiger partial charge in [0.25, 0.3) is 0 Å². The number of phenolic OH excluding ortho intramolecular Hbond substituents is 2. The van der Waals surface area contributed by atoms with Crippen molar-refractivity contribution in [2.45, 2.75) is 12.8 Å². The van der Waals surface area contributed by atoms with Crippen LogP contribution in [-0.2, 0) is 12.8 Å². The van der Waals surface area contributed by atoms with Crippen molar-refractivity contribution in [2.75, 3.05) is 6.61 Å². The van der Waals surface area contributed by atoms with E-state index in [4.69, 9.17) is 5.11 Å². The molecule has 3 heteroatoms. The van der Waals surface area contributed by atoms with Gasteiger partial charge in [0.05, 0.1) is 0 Å². The summed E-state index contributed by atoms with van der Waals surface area (Å²) in [6.45, 7) is 0.0615. The number of hydrogen-bond acceptors (Lipinski definition) is 3. The molecule has 0 aliphatic carbocycles. The van der Waals surface area contributed by atoms with Crippen molar-refractivity contribution in [2.24, 2.45) is 0 Å². The molecule has 0 amide bonds. The van der Waals surface area contributed by atoms with Gasteiger partial charge in [-0.3, -0.25) is 0 Å². The predicted octanol–water partition coefficient (Wildman–Crippen LogP) is 2.22. The first-order chi connectivity index (χ1) is 8.69. The molecule has 0 spiro atoms. The van der Waals surface area contributed by atoms with Crippen LogP contribution in [0, 0.1) is 0 Å². The van der Waals surface area contributed by atoms with Crippen LogP contribution in [0.3, 0.4) is 0 Å². The Labute approximate surface area is 106 Å². The van der Waals surface area contributed by atoms with E-state index >= 15 is 0 Å². The zero-order valence-electron chi connectivity index (χ0n) is 10.0. The van der Waals surface area contributed by atoms with Gasteiger partial charge in [-0.1, -0.05) is 18.2 Å². The fourth-order valence-electron chi connectivity index (χ4n) is 1.97. The van der Waals surface area contributed by atoms with E-state index in [-0.39, 0.29) is 18.1 Å². The van der Waals surface area contributed by atoms with Crippen LogP contribution in [0.5, 0.6) is 11.5 Å². The molecule has 0 saturated heterocycles. The molecule has 0 atom stereocenters. The van der Waals surface area contributed by atoms with E-state index in [1.165, 1.54) is 0 Å². The maximum atomic E-state index is 9.45. The molecule has 2 aromatic rings. The van der Waals surface area contributed by atoms with Crippen LogP contribution in [0.2, 0.25) is 0 Å². The number of rotatable bonds is 4. The number of hydrogen-bond donors (Lipinski definition) is 3. The normalized spacial score (nSPS) is 10.5. The highest BCUT2D eigenvalue weighted by atomic mass is 16.3. The largest absolute Gasteiger partial charge is 0.508 e. The first-order valence-corrected chi connectivity index (χ1v) is 5.88. The highest BCUT2D eigenvalue weighted by Crippen LogP contribution is 2.21. The van der Waals surface area contributed by atoms with Crippen molar-refractivity contribution in [1.29, 1.82) is 0 Å². The van der Waals surface area contributed by atoms with Crippen molar-refractivity contribution in [1.82, 2.24) is 0 Å². The number of phenols is 2. The highest BCUT2D eigenvalue weighted by molar-refractivity contribution is 5.39. The Kier molecular flexibility index (Phi) is 3.85. The lowest BCUT2D eigenvalue weighted by molar-refractivity contribution is 0.299. The molecule has 0 radical (unpaired) electrons. The quantitative estimate of drug-likeness (QED) is 0.773. The number of benzene rings is 2. The monoisotopic (exact) mass is 244 g/mol. The second kappa shape index (κ2) is 5.56. The van der Waals surface area contributed by atoms with Gasteiger partial charge < -0.3 is 15.3 Å². The molecule has 0 unspecified atom stereocenters. The third-order valence-corrected chi connectivity index (χ3v) is 2.90. The molecular weight excluding hydrogens is 228 g/mol.